The molecule has 6 heteroatoms. The van der Waals surface area contributed by atoms with Gasteiger partial charge in [-0.2, -0.15) is 0 Å². The van der Waals surface area contributed by atoms with E-state index in [0.717, 1.165) is 51.5 Å². The molecular formula is C14H24ClN5. The molecule has 0 aliphatic carbocycles. The van der Waals surface area contributed by atoms with Gasteiger partial charge in [-0.05, 0) is 38.9 Å². The first-order valence-electron chi connectivity index (χ1n) is 7.44. The highest BCUT2D eigenvalue weighted by Crippen LogP contribution is 2.13. The van der Waals surface area contributed by atoms with Crippen LogP contribution in [0.3, 0.4) is 0 Å². The summed E-state index contributed by atoms with van der Waals surface area (Å²) in [5.41, 5.74) is 5.52. The number of halogens is 1. The summed E-state index contributed by atoms with van der Waals surface area (Å²) in [6.07, 6.45) is 8.10. The summed E-state index contributed by atoms with van der Waals surface area (Å²) in [6.45, 7) is 6.22. The van der Waals surface area contributed by atoms with Gasteiger partial charge in [-0.25, -0.2) is 9.97 Å². The highest BCUT2D eigenvalue weighted by Gasteiger charge is 2.16. The minimum atomic E-state index is 0.588. The molecule has 0 unspecified atom stereocenters. The first-order valence-corrected chi connectivity index (χ1v) is 7.82. The molecular weight excluding hydrogens is 274 g/mol. The van der Waals surface area contributed by atoms with Gasteiger partial charge in [-0.15, -0.1) is 0 Å². The van der Waals surface area contributed by atoms with Crippen LogP contribution in [0.5, 0.6) is 0 Å². The van der Waals surface area contributed by atoms with Crippen molar-refractivity contribution >= 4 is 17.5 Å². The van der Waals surface area contributed by atoms with Gasteiger partial charge in [0.2, 0.25) is 5.95 Å². The highest BCUT2D eigenvalue weighted by atomic mass is 35.5. The first kappa shape index (κ1) is 15.5. The van der Waals surface area contributed by atoms with Gasteiger partial charge in [0, 0.05) is 19.6 Å². The van der Waals surface area contributed by atoms with Crippen molar-refractivity contribution in [1.82, 2.24) is 14.9 Å². The molecule has 1 aliphatic heterocycles. The quantitative estimate of drug-likeness (QED) is 0.811. The summed E-state index contributed by atoms with van der Waals surface area (Å²) < 4.78 is 0. The van der Waals surface area contributed by atoms with Crippen LogP contribution in [-0.2, 0) is 0 Å². The second-order valence-electron chi connectivity index (χ2n) is 5.23. The second kappa shape index (κ2) is 8.39. The molecule has 0 amide bonds. The van der Waals surface area contributed by atoms with Crippen molar-refractivity contribution in [3.05, 3.63) is 17.4 Å². The Balaban J connectivity index is 1.78. The van der Waals surface area contributed by atoms with E-state index in [0.29, 0.717) is 5.02 Å². The van der Waals surface area contributed by atoms with Crippen LogP contribution in [0, 0.1) is 0 Å². The summed E-state index contributed by atoms with van der Waals surface area (Å²) in [5.74, 6) is 0.791. The Kier molecular flexibility index (Phi) is 6.50. The molecule has 1 aliphatic rings. The molecule has 1 aromatic rings. The molecule has 1 saturated heterocycles. The second-order valence-corrected chi connectivity index (χ2v) is 5.67. The van der Waals surface area contributed by atoms with E-state index in [-0.39, 0.29) is 0 Å². The zero-order valence-corrected chi connectivity index (χ0v) is 12.7. The lowest BCUT2D eigenvalue weighted by Gasteiger charge is -2.21. The fraction of sp³-hybridized carbons (Fsp3) is 0.714. The molecule has 0 radical (unpaired) electrons. The molecule has 0 saturated carbocycles. The zero-order chi connectivity index (χ0) is 14.2. The molecule has 112 valence electrons. The summed E-state index contributed by atoms with van der Waals surface area (Å²) in [6, 6.07) is 0. The topological polar surface area (TPSA) is 58.3 Å². The van der Waals surface area contributed by atoms with E-state index >= 15 is 0 Å². The third kappa shape index (κ3) is 4.89. The maximum Gasteiger partial charge on any atom is 0.225 e. The van der Waals surface area contributed by atoms with E-state index < -0.39 is 0 Å². The molecule has 1 fully saturated rings. The monoisotopic (exact) mass is 297 g/mol. The van der Waals surface area contributed by atoms with Gasteiger partial charge in [0.05, 0.1) is 17.4 Å². The Morgan fingerprint density at radius 3 is 2.60 bits per heavy atom. The third-order valence-corrected chi connectivity index (χ3v) is 3.85. The minimum Gasteiger partial charge on any atom is -0.339 e. The first-order chi connectivity index (χ1) is 9.79. The van der Waals surface area contributed by atoms with Gasteiger partial charge in [0.15, 0.2) is 0 Å². The van der Waals surface area contributed by atoms with E-state index in [1.807, 2.05) is 0 Å². The van der Waals surface area contributed by atoms with Crippen LogP contribution in [0.2, 0.25) is 5.02 Å². The van der Waals surface area contributed by atoms with Crippen molar-refractivity contribution in [2.75, 3.05) is 44.2 Å². The maximum atomic E-state index is 5.83. The number of anilines is 1. The number of unbranched alkanes of at least 4 members (excludes halogenated alkanes) is 2. The molecule has 2 heterocycles. The Bertz CT molecular complexity index is 384. The number of hydrogen-bond acceptors (Lipinski definition) is 5. The summed E-state index contributed by atoms with van der Waals surface area (Å²) >= 11 is 5.83. The number of nitrogens with two attached hydrogens (primary N) is 1. The normalized spacial score (nSPS) is 17.2. The Morgan fingerprint density at radius 1 is 1.05 bits per heavy atom. The van der Waals surface area contributed by atoms with E-state index in [1.165, 1.54) is 19.4 Å². The highest BCUT2D eigenvalue weighted by molar-refractivity contribution is 6.30. The molecule has 1 aromatic heterocycles. The molecule has 20 heavy (non-hydrogen) atoms. The van der Waals surface area contributed by atoms with Gasteiger partial charge in [-0.3, -0.25) is 0 Å². The molecule has 2 rings (SSSR count). The van der Waals surface area contributed by atoms with Crippen LogP contribution in [-0.4, -0.2) is 54.1 Å². The van der Waals surface area contributed by atoms with Crippen molar-refractivity contribution in [3.63, 3.8) is 0 Å². The predicted octanol–water partition coefficient (Wildman–Crippen LogP) is 1.77. The van der Waals surface area contributed by atoms with Gasteiger partial charge >= 0.3 is 0 Å². The van der Waals surface area contributed by atoms with Crippen molar-refractivity contribution < 1.29 is 0 Å². The van der Waals surface area contributed by atoms with Crippen LogP contribution in [0.15, 0.2) is 12.4 Å². The molecule has 0 bridgehead atoms. The predicted molar refractivity (Wildman–Crippen MR) is 83.2 cm³/mol. The van der Waals surface area contributed by atoms with Crippen molar-refractivity contribution in [1.29, 1.82) is 0 Å². The largest absolute Gasteiger partial charge is 0.339 e. The van der Waals surface area contributed by atoms with Crippen LogP contribution in [0.4, 0.5) is 5.95 Å². The lowest BCUT2D eigenvalue weighted by Crippen LogP contribution is -2.32. The van der Waals surface area contributed by atoms with E-state index in [2.05, 4.69) is 19.8 Å². The molecule has 0 spiro atoms. The third-order valence-electron chi connectivity index (χ3n) is 3.66. The molecule has 0 aromatic carbocycles. The lowest BCUT2D eigenvalue weighted by molar-refractivity contribution is 0.286. The fourth-order valence-electron chi connectivity index (χ4n) is 2.52. The molecule has 2 N–H and O–H groups in total. The van der Waals surface area contributed by atoms with Gasteiger partial charge < -0.3 is 15.5 Å². The Hall–Kier alpha value is -0.910. The number of hydrogen-bond donors (Lipinski definition) is 1. The van der Waals surface area contributed by atoms with Crippen molar-refractivity contribution in [2.24, 2.45) is 5.73 Å². The summed E-state index contributed by atoms with van der Waals surface area (Å²) in [5, 5.41) is 0.588. The maximum absolute atomic E-state index is 5.83. The summed E-state index contributed by atoms with van der Waals surface area (Å²) in [7, 11) is 0. The van der Waals surface area contributed by atoms with Crippen LogP contribution in [0.1, 0.15) is 25.7 Å². The lowest BCUT2D eigenvalue weighted by atomic mass is 10.2. The van der Waals surface area contributed by atoms with E-state index in [4.69, 9.17) is 17.3 Å². The van der Waals surface area contributed by atoms with Crippen LogP contribution >= 0.6 is 11.6 Å². The average molecular weight is 298 g/mol. The molecule has 5 nitrogen and oxygen atoms in total. The SMILES string of the molecule is NCCCCCN1CCCN(c2ncc(Cl)cn2)CC1. The Labute approximate surface area is 126 Å². The fourth-order valence-corrected chi connectivity index (χ4v) is 2.62. The van der Waals surface area contributed by atoms with E-state index in [9.17, 15) is 0 Å². The minimum absolute atomic E-state index is 0.588. The van der Waals surface area contributed by atoms with Gasteiger partial charge in [-0.1, -0.05) is 18.0 Å². The number of aromatic nitrogens is 2. The van der Waals surface area contributed by atoms with Gasteiger partial charge in [0.1, 0.15) is 0 Å². The molecule has 0 atom stereocenters. The van der Waals surface area contributed by atoms with Gasteiger partial charge in [0.25, 0.3) is 0 Å². The standard InChI is InChI=1S/C14H24ClN5/c15-13-11-17-14(18-12-13)20-8-4-7-19(9-10-20)6-3-1-2-5-16/h11-12H,1-10,16H2. The van der Waals surface area contributed by atoms with Crippen molar-refractivity contribution in [2.45, 2.75) is 25.7 Å². The summed E-state index contributed by atoms with van der Waals surface area (Å²) in [4.78, 5) is 13.4. The van der Waals surface area contributed by atoms with Crippen molar-refractivity contribution in [3.8, 4) is 0 Å². The zero-order valence-electron chi connectivity index (χ0n) is 12.0. The average Bonchev–Trinajstić information content (AvgIpc) is 2.70. The van der Waals surface area contributed by atoms with E-state index in [1.54, 1.807) is 12.4 Å². The number of rotatable bonds is 6. The number of nitrogens with zero attached hydrogens (tertiary/aromatic N) is 4. The van der Waals surface area contributed by atoms with Crippen LogP contribution < -0.4 is 10.6 Å². The van der Waals surface area contributed by atoms with Crippen LogP contribution in [0.25, 0.3) is 0 Å². The Morgan fingerprint density at radius 2 is 1.85 bits per heavy atom. The smallest absolute Gasteiger partial charge is 0.225 e.